The van der Waals surface area contributed by atoms with Gasteiger partial charge in [-0.2, -0.15) is 0 Å². The summed E-state index contributed by atoms with van der Waals surface area (Å²) in [5, 5.41) is 9.13. The van der Waals surface area contributed by atoms with Crippen LogP contribution in [0.15, 0.2) is 12.1 Å². The monoisotopic (exact) mass is 395 g/mol. The van der Waals surface area contributed by atoms with Crippen molar-refractivity contribution in [2.45, 2.75) is 13.3 Å². The fourth-order valence-electron chi connectivity index (χ4n) is 2.17. The van der Waals surface area contributed by atoms with Crippen molar-refractivity contribution >= 4 is 34.5 Å². The molecular formula is C13H12F2INO3. The molecule has 0 bridgehead atoms. The van der Waals surface area contributed by atoms with Gasteiger partial charge in [0.1, 0.15) is 0 Å². The number of hydrogen-bond donors (Lipinski definition) is 1. The lowest BCUT2D eigenvalue weighted by molar-refractivity contribution is -0.147. The zero-order valence-electron chi connectivity index (χ0n) is 10.6. The number of likely N-dealkylation sites (tertiary alicyclic amines) is 1. The van der Waals surface area contributed by atoms with Crippen LogP contribution in [0.1, 0.15) is 23.7 Å². The summed E-state index contributed by atoms with van der Waals surface area (Å²) in [5.74, 6) is -3.54. The molecule has 1 aliphatic rings. The lowest BCUT2D eigenvalue weighted by Gasteiger charge is -2.20. The standard InChI is InChI=1S/C13H12F2INO3/c1-13(12(19)20)2-3-17(6-13)11(18)7-4-8(14)9(15)5-10(7)16/h4-5H,2-3,6H2,1H3,(H,19,20). The molecule has 0 aromatic heterocycles. The summed E-state index contributed by atoms with van der Waals surface area (Å²) in [5.41, 5.74) is -0.932. The zero-order chi connectivity index (χ0) is 15.1. The number of rotatable bonds is 2. The molecule has 1 aliphatic heterocycles. The SMILES string of the molecule is CC1(C(=O)O)CCN(C(=O)c2cc(F)c(F)cc2I)C1. The largest absolute Gasteiger partial charge is 0.481 e. The number of hydrogen-bond acceptors (Lipinski definition) is 2. The highest BCUT2D eigenvalue weighted by Crippen LogP contribution is 2.31. The Labute approximate surface area is 127 Å². The van der Waals surface area contributed by atoms with E-state index in [4.69, 9.17) is 5.11 Å². The fraction of sp³-hybridized carbons (Fsp3) is 0.385. The predicted octanol–water partition coefficient (Wildman–Crippen LogP) is 2.51. The highest BCUT2D eigenvalue weighted by molar-refractivity contribution is 14.1. The number of carbonyl (C=O) groups is 2. The summed E-state index contributed by atoms with van der Waals surface area (Å²) in [6.45, 7) is 1.92. The molecule has 0 aliphatic carbocycles. The summed E-state index contributed by atoms with van der Waals surface area (Å²) >= 11 is 1.76. The number of benzene rings is 1. The average Bonchev–Trinajstić information content (AvgIpc) is 2.77. The van der Waals surface area contributed by atoms with E-state index in [1.165, 1.54) is 4.90 Å². The first-order valence-corrected chi connectivity index (χ1v) is 7.00. The van der Waals surface area contributed by atoms with Gasteiger partial charge in [0, 0.05) is 16.7 Å². The summed E-state index contributed by atoms with van der Waals surface area (Å²) in [7, 11) is 0. The molecule has 1 aromatic carbocycles. The van der Waals surface area contributed by atoms with Crippen molar-refractivity contribution in [1.82, 2.24) is 4.90 Å². The molecular weight excluding hydrogens is 383 g/mol. The van der Waals surface area contributed by atoms with Gasteiger partial charge in [0.15, 0.2) is 11.6 Å². The number of carboxylic acid groups (broad SMARTS) is 1. The van der Waals surface area contributed by atoms with Crippen molar-refractivity contribution in [3.05, 3.63) is 32.9 Å². The van der Waals surface area contributed by atoms with Gasteiger partial charge in [-0.3, -0.25) is 9.59 Å². The molecule has 20 heavy (non-hydrogen) atoms. The number of aliphatic carboxylic acids is 1. The molecule has 7 heteroatoms. The molecule has 2 rings (SSSR count). The number of nitrogens with zero attached hydrogens (tertiary/aromatic N) is 1. The Morgan fingerprint density at radius 3 is 2.50 bits per heavy atom. The second-order valence-corrected chi connectivity index (χ2v) is 6.25. The molecule has 1 atom stereocenters. The van der Waals surface area contributed by atoms with Crippen LogP contribution in [-0.2, 0) is 4.79 Å². The van der Waals surface area contributed by atoms with E-state index >= 15 is 0 Å². The van der Waals surface area contributed by atoms with Gasteiger partial charge in [0.05, 0.1) is 11.0 Å². The van der Waals surface area contributed by atoms with E-state index in [2.05, 4.69) is 0 Å². The number of halogens is 3. The zero-order valence-corrected chi connectivity index (χ0v) is 12.8. The fourth-order valence-corrected chi connectivity index (χ4v) is 2.83. The van der Waals surface area contributed by atoms with Crippen LogP contribution in [0.2, 0.25) is 0 Å². The van der Waals surface area contributed by atoms with E-state index in [9.17, 15) is 18.4 Å². The van der Waals surface area contributed by atoms with E-state index in [1.54, 1.807) is 29.5 Å². The topological polar surface area (TPSA) is 57.6 Å². The lowest BCUT2D eigenvalue weighted by atomic mass is 9.90. The maximum Gasteiger partial charge on any atom is 0.311 e. The minimum absolute atomic E-state index is 0.0548. The van der Waals surface area contributed by atoms with Gasteiger partial charge < -0.3 is 10.0 Å². The Kier molecular flexibility index (Phi) is 3.99. The summed E-state index contributed by atoms with van der Waals surface area (Å²) in [6, 6.07) is 1.81. The van der Waals surface area contributed by atoms with Gasteiger partial charge in [-0.05, 0) is 48.1 Å². The molecule has 1 N–H and O–H groups in total. The van der Waals surface area contributed by atoms with Crippen LogP contribution < -0.4 is 0 Å². The van der Waals surface area contributed by atoms with Crippen LogP contribution in [0.3, 0.4) is 0 Å². The van der Waals surface area contributed by atoms with Gasteiger partial charge >= 0.3 is 5.97 Å². The van der Waals surface area contributed by atoms with E-state index in [0.717, 1.165) is 12.1 Å². The highest BCUT2D eigenvalue weighted by atomic mass is 127. The van der Waals surface area contributed by atoms with Gasteiger partial charge in [-0.15, -0.1) is 0 Å². The normalized spacial score (nSPS) is 22.1. The number of carboxylic acids is 1. The highest BCUT2D eigenvalue weighted by Gasteiger charge is 2.42. The third-order valence-corrected chi connectivity index (χ3v) is 4.41. The molecule has 1 saturated heterocycles. The first-order valence-electron chi connectivity index (χ1n) is 5.92. The first kappa shape index (κ1) is 15.1. The van der Waals surface area contributed by atoms with Crippen LogP contribution in [0.4, 0.5) is 8.78 Å². The maximum atomic E-state index is 13.2. The van der Waals surface area contributed by atoms with Gasteiger partial charge in [-0.25, -0.2) is 8.78 Å². The average molecular weight is 395 g/mol. The summed E-state index contributed by atoms with van der Waals surface area (Å²) in [6.07, 6.45) is 0.342. The number of carbonyl (C=O) groups excluding carboxylic acids is 1. The van der Waals surface area contributed by atoms with E-state index in [0.29, 0.717) is 9.99 Å². The molecule has 1 fully saturated rings. The number of amides is 1. The molecule has 1 aromatic rings. The van der Waals surface area contributed by atoms with Crippen LogP contribution in [0.5, 0.6) is 0 Å². The van der Waals surface area contributed by atoms with E-state index in [-0.39, 0.29) is 18.7 Å². The molecule has 108 valence electrons. The van der Waals surface area contributed by atoms with Crippen molar-refractivity contribution < 1.29 is 23.5 Å². The third kappa shape index (κ3) is 2.63. The van der Waals surface area contributed by atoms with Crippen molar-refractivity contribution in [3.63, 3.8) is 0 Å². The van der Waals surface area contributed by atoms with Gasteiger partial charge in [0.2, 0.25) is 0 Å². The Balaban J connectivity index is 2.26. The molecule has 1 amide bonds. The molecule has 0 spiro atoms. The van der Waals surface area contributed by atoms with Crippen molar-refractivity contribution in [1.29, 1.82) is 0 Å². The molecule has 4 nitrogen and oxygen atoms in total. The van der Waals surface area contributed by atoms with Gasteiger partial charge in [0.25, 0.3) is 5.91 Å². The predicted molar refractivity (Wildman–Crippen MR) is 75.3 cm³/mol. The smallest absolute Gasteiger partial charge is 0.311 e. The third-order valence-electron chi connectivity index (χ3n) is 3.52. The maximum absolute atomic E-state index is 13.2. The molecule has 1 unspecified atom stereocenters. The van der Waals surface area contributed by atoms with Gasteiger partial charge in [-0.1, -0.05) is 0 Å². The van der Waals surface area contributed by atoms with Crippen molar-refractivity contribution in [3.8, 4) is 0 Å². The molecule has 0 saturated carbocycles. The quantitative estimate of drug-likeness (QED) is 0.619. The Morgan fingerprint density at radius 1 is 1.35 bits per heavy atom. The van der Waals surface area contributed by atoms with Crippen LogP contribution in [0.25, 0.3) is 0 Å². The Morgan fingerprint density at radius 2 is 1.95 bits per heavy atom. The van der Waals surface area contributed by atoms with Crippen LogP contribution >= 0.6 is 22.6 Å². The van der Waals surface area contributed by atoms with Crippen LogP contribution in [-0.4, -0.2) is 35.0 Å². The van der Waals surface area contributed by atoms with Crippen LogP contribution in [0, 0.1) is 20.6 Å². The second kappa shape index (κ2) is 5.27. The minimum atomic E-state index is -1.09. The lowest BCUT2D eigenvalue weighted by Crippen LogP contribution is -2.35. The Hall–Kier alpha value is -1.25. The second-order valence-electron chi connectivity index (χ2n) is 5.09. The van der Waals surface area contributed by atoms with Crippen molar-refractivity contribution in [2.75, 3.05) is 13.1 Å². The van der Waals surface area contributed by atoms with E-state index < -0.39 is 28.9 Å². The van der Waals surface area contributed by atoms with Crippen molar-refractivity contribution in [2.24, 2.45) is 5.41 Å². The van der Waals surface area contributed by atoms with E-state index in [1.807, 2.05) is 0 Å². The molecule has 1 heterocycles. The Bertz CT molecular complexity index is 593. The minimum Gasteiger partial charge on any atom is -0.481 e. The summed E-state index contributed by atoms with van der Waals surface area (Å²) in [4.78, 5) is 24.8. The molecule has 0 radical (unpaired) electrons. The first-order chi connectivity index (χ1) is 9.24. The summed E-state index contributed by atoms with van der Waals surface area (Å²) < 4.78 is 26.6.